The number of benzene rings is 1. The molecular formula is C17H18N2O2S. The number of hydrogen-bond donors (Lipinski definition) is 1. The maximum atomic E-state index is 12.4. The van der Waals surface area contributed by atoms with Crippen molar-refractivity contribution in [3.63, 3.8) is 0 Å². The molecule has 0 aliphatic heterocycles. The molecule has 0 spiro atoms. The molecule has 0 bridgehead atoms. The Morgan fingerprint density at radius 2 is 1.91 bits per heavy atom. The van der Waals surface area contributed by atoms with Crippen LogP contribution in [0.1, 0.15) is 25.1 Å². The third kappa shape index (κ3) is 4.11. The zero-order valence-electron chi connectivity index (χ0n) is 12.8. The number of ketones is 1. The molecule has 4 nitrogen and oxygen atoms in total. The number of carbonyl (C=O) groups excluding carboxylic acids is 2. The number of aryl methyl sites for hydroxylation is 1. The predicted octanol–water partition coefficient (Wildman–Crippen LogP) is 3.70. The fourth-order valence-corrected chi connectivity index (χ4v) is 2.53. The van der Waals surface area contributed by atoms with Gasteiger partial charge in [0.15, 0.2) is 10.9 Å². The summed E-state index contributed by atoms with van der Waals surface area (Å²) in [5.74, 6) is -0.856. The quantitative estimate of drug-likeness (QED) is 0.520. The van der Waals surface area contributed by atoms with E-state index in [0.717, 1.165) is 11.3 Å². The zero-order valence-corrected chi connectivity index (χ0v) is 13.6. The second-order valence-electron chi connectivity index (χ2n) is 5.24. The maximum absolute atomic E-state index is 12.4. The van der Waals surface area contributed by atoms with Gasteiger partial charge in [0.1, 0.15) is 0 Å². The molecule has 0 aliphatic carbocycles. The van der Waals surface area contributed by atoms with Crippen LogP contribution in [-0.4, -0.2) is 16.7 Å². The lowest BCUT2D eigenvalue weighted by Crippen LogP contribution is -2.23. The van der Waals surface area contributed by atoms with E-state index in [-0.39, 0.29) is 17.3 Å². The van der Waals surface area contributed by atoms with Crippen LogP contribution in [0, 0.1) is 12.8 Å². The van der Waals surface area contributed by atoms with Crippen LogP contribution in [-0.2, 0) is 9.59 Å². The van der Waals surface area contributed by atoms with Crippen LogP contribution in [0.25, 0.3) is 6.08 Å². The average molecular weight is 314 g/mol. The zero-order chi connectivity index (χ0) is 16.1. The van der Waals surface area contributed by atoms with E-state index < -0.39 is 5.91 Å². The van der Waals surface area contributed by atoms with Gasteiger partial charge in [-0.15, -0.1) is 11.3 Å². The van der Waals surface area contributed by atoms with Crippen LogP contribution in [0.15, 0.2) is 41.3 Å². The van der Waals surface area contributed by atoms with E-state index in [2.05, 4.69) is 10.3 Å². The Kier molecular flexibility index (Phi) is 5.22. The number of Topliss-reactive ketones (excluding diaryl/α,β-unsaturated/α-hetero) is 1. The van der Waals surface area contributed by atoms with Crippen molar-refractivity contribution in [3.05, 3.63) is 52.5 Å². The van der Waals surface area contributed by atoms with E-state index in [1.807, 2.05) is 42.6 Å². The molecule has 5 heteroatoms. The van der Waals surface area contributed by atoms with Crippen LogP contribution in [0.5, 0.6) is 0 Å². The van der Waals surface area contributed by atoms with Crippen molar-refractivity contribution in [1.29, 1.82) is 0 Å². The first kappa shape index (κ1) is 16.1. The van der Waals surface area contributed by atoms with Crippen LogP contribution in [0.2, 0.25) is 0 Å². The number of aromatic nitrogens is 1. The van der Waals surface area contributed by atoms with Gasteiger partial charge in [0.05, 0.1) is 11.3 Å². The molecule has 0 saturated heterocycles. The summed E-state index contributed by atoms with van der Waals surface area (Å²) in [5.41, 5.74) is 1.80. The summed E-state index contributed by atoms with van der Waals surface area (Å²) in [5, 5.41) is 5.04. The molecule has 2 aromatic rings. The van der Waals surface area contributed by atoms with E-state index in [1.165, 1.54) is 11.3 Å². The first-order chi connectivity index (χ1) is 10.5. The van der Waals surface area contributed by atoms with E-state index in [0.29, 0.717) is 5.13 Å². The molecule has 1 aromatic heterocycles. The number of amides is 1. The number of rotatable bonds is 5. The molecule has 2 rings (SSSR count). The standard InChI is InChI=1S/C17H18N2O2S/c1-11(2)15(20)14(9-13-7-5-4-6-8-13)16(21)19-17-18-12(3)10-22-17/h4-11H,1-3H3,(H,18,19,21). The Labute approximate surface area is 133 Å². The number of anilines is 1. The first-order valence-electron chi connectivity index (χ1n) is 7.02. The Morgan fingerprint density at radius 3 is 2.45 bits per heavy atom. The predicted molar refractivity (Wildman–Crippen MR) is 89.7 cm³/mol. The average Bonchev–Trinajstić information content (AvgIpc) is 2.90. The molecule has 0 radical (unpaired) electrons. The normalized spacial score (nSPS) is 11.5. The number of thiazole rings is 1. The van der Waals surface area contributed by atoms with Gasteiger partial charge in [-0.2, -0.15) is 0 Å². The molecule has 0 atom stereocenters. The van der Waals surface area contributed by atoms with Crippen molar-refractivity contribution < 1.29 is 9.59 Å². The topological polar surface area (TPSA) is 59.1 Å². The van der Waals surface area contributed by atoms with Gasteiger partial charge in [0.2, 0.25) is 0 Å². The lowest BCUT2D eigenvalue weighted by Gasteiger charge is -2.09. The van der Waals surface area contributed by atoms with Crippen molar-refractivity contribution in [2.24, 2.45) is 5.92 Å². The highest BCUT2D eigenvalue weighted by Gasteiger charge is 2.21. The van der Waals surface area contributed by atoms with Gasteiger partial charge >= 0.3 is 0 Å². The van der Waals surface area contributed by atoms with Crippen LogP contribution < -0.4 is 5.32 Å². The number of nitrogens with one attached hydrogen (secondary N) is 1. The SMILES string of the molecule is Cc1csc(NC(=O)C(=Cc2ccccc2)C(=O)C(C)C)n1. The lowest BCUT2D eigenvalue weighted by molar-refractivity contribution is -0.121. The molecule has 0 saturated carbocycles. The Balaban J connectivity index is 2.30. The largest absolute Gasteiger partial charge is 0.298 e. The summed E-state index contributed by atoms with van der Waals surface area (Å²) < 4.78 is 0. The Hall–Kier alpha value is -2.27. The third-order valence-electron chi connectivity index (χ3n) is 2.98. The van der Waals surface area contributed by atoms with E-state index in [9.17, 15) is 9.59 Å². The van der Waals surface area contributed by atoms with Gasteiger partial charge in [0.25, 0.3) is 5.91 Å². The summed E-state index contributed by atoms with van der Waals surface area (Å²) in [6.07, 6.45) is 1.62. The minimum absolute atomic E-state index is 0.147. The summed E-state index contributed by atoms with van der Waals surface area (Å²) in [6, 6.07) is 9.33. The van der Waals surface area contributed by atoms with Crippen LogP contribution in [0.4, 0.5) is 5.13 Å². The Morgan fingerprint density at radius 1 is 1.23 bits per heavy atom. The summed E-state index contributed by atoms with van der Waals surface area (Å²) >= 11 is 1.34. The van der Waals surface area contributed by atoms with Gasteiger partial charge in [-0.3, -0.25) is 14.9 Å². The van der Waals surface area contributed by atoms with Crippen molar-refractivity contribution in [2.75, 3.05) is 5.32 Å². The highest BCUT2D eigenvalue weighted by molar-refractivity contribution is 7.14. The number of nitrogens with zero attached hydrogens (tertiary/aromatic N) is 1. The smallest absolute Gasteiger partial charge is 0.261 e. The molecule has 114 valence electrons. The number of carbonyl (C=O) groups is 2. The van der Waals surface area contributed by atoms with Crippen molar-refractivity contribution in [2.45, 2.75) is 20.8 Å². The fourth-order valence-electron chi connectivity index (χ4n) is 1.85. The summed E-state index contributed by atoms with van der Waals surface area (Å²) in [4.78, 5) is 29.0. The van der Waals surface area contributed by atoms with E-state index in [1.54, 1.807) is 19.9 Å². The van der Waals surface area contributed by atoms with Gasteiger partial charge in [0, 0.05) is 11.3 Å². The molecule has 22 heavy (non-hydrogen) atoms. The molecule has 1 N–H and O–H groups in total. The maximum Gasteiger partial charge on any atom is 0.261 e. The third-order valence-corrected chi connectivity index (χ3v) is 3.86. The summed E-state index contributed by atoms with van der Waals surface area (Å²) in [6.45, 7) is 5.41. The van der Waals surface area contributed by atoms with Crippen molar-refractivity contribution >= 4 is 34.2 Å². The van der Waals surface area contributed by atoms with Gasteiger partial charge in [-0.25, -0.2) is 4.98 Å². The van der Waals surface area contributed by atoms with Crippen molar-refractivity contribution in [3.8, 4) is 0 Å². The van der Waals surface area contributed by atoms with Crippen LogP contribution in [0.3, 0.4) is 0 Å². The minimum atomic E-state index is -0.420. The molecule has 0 fully saturated rings. The van der Waals surface area contributed by atoms with Crippen LogP contribution >= 0.6 is 11.3 Å². The van der Waals surface area contributed by atoms with Gasteiger partial charge < -0.3 is 0 Å². The Bertz CT molecular complexity index is 702. The lowest BCUT2D eigenvalue weighted by atomic mass is 9.98. The molecule has 1 heterocycles. The molecule has 1 amide bonds. The summed E-state index contributed by atoms with van der Waals surface area (Å²) in [7, 11) is 0. The van der Waals surface area contributed by atoms with E-state index in [4.69, 9.17) is 0 Å². The molecule has 0 unspecified atom stereocenters. The highest BCUT2D eigenvalue weighted by atomic mass is 32.1. The highest BCUT2D eigenvalue weighted by Crippen LogP contribution is 2.18. The molecule has 1 aromatic carbocycles. The van der Waals surface area contributed by atoms with Gasteiger partial charge in [-0.1, -0.05) is 44.2 Å². The van der Waals surface area contributed by atoms with Crippen molar-refractivity contribution in [1.82, 2.24) is 4.98 Å². The minimum Gasteiger partial charge on any atom is -0.298 e. The fraction of sp³-hybridized carbons (Fsp3) is 0.235. The molecular weight excluding hydrogens is 296 g/mol. The number of hydrogen-bond acceptors (Lipinski definition) is 4. The van der Waals surface area contributed by atoms with Gasteiger partial charge in [-0.05, 0) is 18.6 Å². The molecule has 0 aliphatic rings. The van der Waals surface area contributed by atoms with E-state index >= 15 is 0 Å². The first-order valence-corrected chi connectivity index (χ1v) is 7.90. The monoisotopic (exact) mass is 314 g/mol. The second-order valence-corrected chi connectivity index (χ2v) is 6.09. The second kappa shape index (κ2) is 7.13.